The minimum atomic E-state index is -0.550. The van der Waals surface area contributed by atoms with Crippen molar-refractivity contribution in [1.82, 2.24) is 9.80 Å². The van der Waals surface area contributed by atoms with Gasteiger partial charge in [-0.15, -0.1) is 0 Å². The number of carbonyl (C=O) groups excluding carboxylic acids is 2. The summed E-state index contributed by atoms with van der Waals surface area (Å²) >= 11 is 0. The van der Waals surface area contributed by atoms with E-state index in [1.165, 1.54) is 9.80 Å². The first-order valence-electron chi connectivity index (χ1n) is 5.14. The van der Waals surface area contributed by atoms with Crippen molar-refractivity contribution in [1.29, 1.82) is 0 Å². The standard InChI is InChI=1S/C10H21N3O2/c1-5-6-13(10(15)8(2)11)7-9(14)12(3)4/h8H,5-7,11H2,1-4H3/t8-/m1/s1. The van der Waals surface area contributed by atoms with Crippen LogP contribution in [-0.4, -0.2) is 54.8 Å². The van der Waals surface area contributed by atoms with Crippen LogP contribution in [0.15, 0.2) is 0 Å². The van der Waals surface area contributed by atoms with E-state index in [0.717, 1.165) is 6.42 Å². The van der Waals surface area contributed by atoms with Gasteiger partial charge in [-0.2, -0.15) is 0 Å². The van der Waals surface area contributed by atoms with Gasteiger partial charge < -0.3 is 15.5 Å². The molecule has 0 aromatic carbocycles. The molecule has 88 valence electrons. The predicted octanol–water partition coefficient (Wildman–Crippen LogP) is -0.340. The van der Waals surface area contributed by atoms with Gasteiger partial charge in [0, 0.05) is 20.6 Å². The summed E-state index contributed by atoms with van der Waals surface area (Å²) in [5, 5.41) is 0. The van der Waals surface area contributed by atoms with Gasteiger partial charge in [0.1, 0.15) is 0 Å². The molecule has 0 aliphatic heterocycles. The number of amides is 2. The third kappa shape index (κ3) is 4.78. The van der Waals surface area contributed by atoms with Crippen LogP contribution in [0.5, 0.6) is 0 Å². The average molecular weight is 215 g/mol. The summed E-state index contributed by atoms with van der Waals surface area (Å²) in [6.07, 6.45) is 0.819. The summed E-state index contributed by atoms with van der Waals surface area (Å²) in [5.74, 6) is -0.260. The fourth-order valence-electron chi connectivity index (χ4n) is 1.13. The van der Waals surface area contributed by atoms with Gasteiger partial charge >= 0.3 is 0 Å². The first kappa shape index (κ1) is 13.9. The van der Waals surface area contributed by atoms with Crippen molar-refractivity contribution in [3.05, 3.63) is 0 Å². The molecule has 0 spiro atoms. The maximum atomic E-state index is 11.6. The van der Waals surface area contributed by atoms with E-state index < -0.39 is 6.04 Å². The van der Waals surface area contributed by atoms with Gasteiger partial charge in [-0.05, 0) is 13.3 Å². The van der Waals surface area contributed by atoms with Gasteiger partial charge in [-0.1, -0.05) is 6.92 Å². The van der Waals surface area contributed by atoms with Crippen LogP contribution in [0.25, 0.3) is 0 Å². The molecular formula is C10H21N3O2. The molecule has 0 fully saturated rings. The Hall–Kier alpha value is -1.10. The normalized spacial score (nSPS) is 12.1. The minimum Gasteiger partial charge on any atom is -0.347 e. The number of nitrogens with zero attached hydrogens (tertiary/aromatic N) is 2. The number of hydrogen-bond acceptors (Lipinski definition) is 3. The molecule has 0 saturated heterocycles. The van der Waals surface area contributed by atoms with Gasteiger partial charge in [0.05, 0.1) is 12.6 Å². The summed E-state index contributed by atoms with van der Waals surface area (Å²) < 4.78 is 0. The molecule has 2 amide bonds. The van der Waals surface area contributed by atoms with Crippen molar-refractivity contribution < 1.29 is 9.59 Å². The lowest BCUT2D eigenvalue weighted by Gasteiger charge is -2.24. The van der Waals surface area contributed by atoms with Crippen molar-refractivity contribution in [2.75, 3.05) is 27.2 Å². The Morgan fingerprint density at radius 2 is 1.87 bits per heavy atom. The first-order chi connectivity index (χ1) is 6.90. The van der Waals surface area contributed by atoms with Crippen LogP contribution < -0.4 is 5.73 Å². The topological polar surface area (TPSA) is 66.6 Å². The van der Waals surface area contributed by atoms with Gasteiger partial charge in [0.25, 0.3) is 0 Å². The molecule has 0 aliphatic carbocycles. The number of likely N-dealkylation sites (N-methyl/N-ethyl adjacent to an activating group) is 1. The third-order valence-corrected chi connectivity index (χ3v) is 2.02. The molecule has 0 aromatic rings. The summed E-state index contributed by atoms with van der Waals surface area (Å²) in [6, 6.07) is -0.550. The highest BCUT2D eigenvalue weighted by atomic mass is 16.2. The van der Waals surface area contributed by atoms with Crippen LogP contribution in [0, 0.1) is 0 Å². The van der Waals surface area contributed by atoms with E-state index in [1.54, 1.807) is 21.0 Å². The van der Waals surface area contributed by atoms with Gasteiger partial charge in [-0.3, -0.25) is 9.59 Å². The maximum Gasteiger partial charge on any atom is 0.241 e. The van der Waals surface area contributed by atoms with E-state index in [0.29, 0.717) is 6.54 Å². The number of hydrogen-bond donors (Lipinski definition) is 1. The fourth-order valence-corrected chi connectivity index (χ4v) is 1.13. The van der Waals surface area contributed by atoms with Crippen LogP contribution in [0.3, 0.4) is 0 Å². The first-order valence-corrected chi connectivity index (χ1v) is 5.14. The summed E-state index contributed by atoms with van der Waals surface area (Å²) in [6.45, 7) is 4.27. The predicted molar refractivity (Wildman–Crippen MR) is 59.2 cm³/mol. The minimum absolute atomic E-state index is 0.0857. The molecule has 0 unspecified atom stereocenters. The zero-order chi connectivity index (χ0) is 12.0. The highest BCUT2D eigenvalue weighted by Gasteiger charge is 2.19. The van der Waals surface area contributed by atoms with Crippen LogP contribution in [-0.2, 0) is 9.59 Å². The van der Waals surface area contributed by atoms with Crippen LogP contribution >= 0.6 is 0 Å². The molecule has 0 bridgehead atoms. The SMILES string of the molecule is CCCN(CC(=O)N(C)C)C(=O)[C@@H](C)N. The molecule has 2 N–H and O–H groups in total. The van der Waals surface area contributed by atoms with Gasteiger partial charge in [0.15, 0.2) is 0 Å². The molecule has 1 atom stereocenters. The van der Waals surface area contributed by atoms with Crippen LogP contribution in [0.1, 0.15) is 20.3 Å². The summed E-state index contributed by atoms with van der Waals surface area (Å²) in [7, 11) is 3.34. The van der Waals surface area contributed by atoms with E-state index in [2.05, 4.69) is 0 Å². The summed E-state index contributed by atoms with van der Waals surface area (Å²) in [5.41, 5.74) is 5.50. The molecule has 0 radical (unpaired) electrons. The highest BCUT2D eigenvalue weighted by Crippen LogP contribution is 1.97. The zero-order valence-electron chi connectivity index (χ0n) is 9.99. The second-order valence-electron chi connectivity index (χ2n) is 3.84. The van der Waals surface area contributed by atoms with Crippen molar-refractivity contribution in [3.8, 4) is 0 Å². The molecule has 0 saturated carbocycles. The van der Waals surface area contributed by atoms with Gasteiger partial charge in [0.2, 0.25) is 11.8 Å². The largest absolute Gasteiger partial charge is 0.347 e. The Morgan fingerprint density at radius 1 is 1.33 bits per heavy atom. The number of rotatable bonds is 5. The fraction of sp³-hybridized carbons (Fsp3) is 0.800. The molecule has 0 rings (SSSR count). The Bertz CT molecular complexity index is 227. The molecule has 5 nitrogen and oxygen atoms in total. The molecule has 15 heavy (non-hydrogen) atoms. The van der Waals surface area contributed by atoms with E-state index in [9.17, 15) is 9.59 Å². The van der Waals surface area contributed by atoms with E-state index in [4.69, 9.17) is 5.73 Å². The average Bonchev–Trinajstić information content (AvgIpc) is 2.15. The zero-order valence-corrected chi connectivity index (χ0v) is 9.99. The van der Waals surface area contributed by atoms with Crippen LogP contribution in [0.4, 0.5) is 0 Å². The monoisotopic (exact) mass is 215 g/mol. The van der Waals surface area contributed by atoms with E-state index in [-0.39, 0.29) is 18.4 Å². The Balaban J connectivity index is 4.40. The molecule has 0 aromatic heterocycles. The Kier molecular flexibility index (Phi) is 5.93. The van der Waals surface area contributed by atoms with E-state index in [1.807, 2.05) is 6.92 Å². The van der Waals surface area contributed by atoms with Crippen molar-refractivity contribution in [2.45, 2.75) is 26.3 Å². The number of carbonyl (C=O) groups is 2. The van der Waals surface area contributed by atoms with Crippen molar-refractivity contribution >= 4 is 11.8 Å². The lowest BCUT2D eigenvalue weighted by Crippen LogP contribution is -2.46. The van der Waals surface area contributed by atoms with Crippen molar-refractivity contribution in [3.63, 3.8) is 0 Å². The lowest BCUT2D eigenvalue weighted by molar-refractivity contribution is -0.139. The second kappa shape index (κ2) is 6.40. The Morgan fingerprint density at radius 3 is 2.20 bits per heavy atom. The maximum absolute atomic E-state index is 11.6. The smallest absolute Gasteiger partial charge is 0.241 e. The molecule has 0 aliphatic rings. The highest BCUT2D eigenvalue weighted by molar-refractivity contribution is 5.87. The number of nitrogens with two attached hydrogens (primary N) is 1. The quantitative estimate of drug-likeness (QED) is 0.682. The van der Waals surface area contributed by atoms with Gasteiger partial charge in [-0.25, -0.2) is 0 Å². The van der Waals surface area contributed by atoms with E-state index >= 15 is 0 Å². The molecule has 5 heteroatoms. The third-order valence-electron chi connectivity index (χ3n) is 2.02. The molecular weight excluding hydrogens is 194 g/mol. The van der Waals surface area contributed by atoms with Crippen LogP contribution in [0.2, 0.25) is 0 Å². The Labute approximate surface area is 91.2 Å². The van der Waals surface area contributed by atoms with Crippen molar-refractivity contribution in [2.24, 2.45) is 5.73 Å². The summed E-state index contributed by atoms with van der Waals surface area (Å²) in [4.78, 5) is 26.0. The molecule has 0 heterocycles. The lowest BCUT2D eigenvalue weighted by atomic mass is 10.2. The second-order valence-corrected chi connectivity index (χ2v) is 3.84.